The van der Waals surface area contributed by atoms with Crippen molar-refractivity contribution >= 4 is 34.4 Å². The number of thioether (sulfide) groups is 1. The van der Waals surface area contributed by atoms with Crippen LogP contribution in [0.2, 0.25) is 36.3 Å². The van der Waals surface area contributed by atoms with Crippen LogP contribution in [-0.2, 0) is 23.1 Å². The van der Waals surface area contributed by atoms with Gasteiger partial charge in [0.1, 0.15) is 22.7 Å². The van der Waals surface area contributed by atoms with Crippen molar-refractivity contribution in [3.8, 4) is 39.5 Å². The minimum Gasteiger partial charge on any atom is -0.494 e. The van der Waals surface area contributed by atoms with E-state index >= 15 is 0 Å². The molecule has 1 aliphatic rings. The maximum Gasteiger partial charge on any atom is 0.321 e. The van der Waals surface area contributed by atoms with Crippen molar-refractivity contribution in [1.29, 1.82) is 0 Å². The normalized spacial score (nSPS) is 16.0. The van der Waals surface area contributed by atoms with Crippen LogP contribution < -0.4 is 14.2 Å². The van der Waals surface area contributed by atoms with Gasteiger partial charge in [-0.25, -0.2) is 0 Å². The summed E-state index contributed by atoms with van der Waals surface area (Å²) in [6.07, 6.45) is 3.67. The molecule has 310 valence electrons. The van der Waals surface area contributed by atoms with Gasteiger partial charge in [-0.05, 0) is 111 Å². The second-order valence-corrected chi connectivity index (χ2v) is 29.1. The number of carbonyl (C=O) groups excluding carboxylic acids is 1. The van der Waals surface area contributed by atoms with Gasteiger partial charge in [-0.15, -0.1) is 11.8 Å². The van der Waals surface area contributed by atoms with Crippen LogP contribution in [0.3, 0.4) is 0 Å². The molecule has 11 heteroatoms. The fourth-order valence-electron chi connectivity index (χ4n) is 5.39. The third-order valence-electron chi connectivity index (χ3n) is 11.4. The first kappa shape index (κ1) is 46.0. The molecular formula is C45H68O8SSi2. The first-order chi connectivity index (χ1) is 26.0. The zero-order valence-corrected chi connectivity index (χ0v) is 39.4. The third-order valence-corrected chi connectivity index (χ3v) is 21.2. The second kappa shape index (κ2) is 18.5. The van der Waals surface area contributed by atoms with Gasteiger partial charge in [0, 0.05) is 42.1 Å². The SMILES string of the molecule is CSc1cc(-c2ccc(OCCCO[Si](C)(C)C(C)(C)C)cc2)c(OC(=O)C2(C)COC(C)(C)OC2)c(-c2ccc(OCCCO[Si](C)(C)C(C)(C)C)cc2)c1. The molecule has 3 aromatic carbocycles. The van der Waals surface area contributed by atoms with E-state index in [2.05, 4.69) is 79.9 Å². The van der Waals surface area contributed by atoms with Gasteiger partial charge in [0.25, 0.3) is 0 Å². The van der Waals surface area contributed by atoms with Crippen LogP contribution in [-0.4, -0.2) is 74.3 Å². The summed E-state index contributed by atoms with van der Waals surface area (Å²) in [6, 6.07) is 20.1. The largest absolute Gasteiger partial charge is 0.494 e. The monoisotopic (exact) mass is 824 g/mol. The summed E-state index contributed by atoms with van der Waals surface area (Å²) in [4.78, 5) is 15.1. The molecule has 0 unspecified atom stereocenters. The van der Waals surface area contributed by atoms with Crippen LogP contribution in [0.4, 0.5) is 0 Å². The van der Waals surface area contributed by atoms with Crippen LogP contribution in [0, 0.1) is 5.41 Å². The molecule has 0 amide bonds. The Kier molecular flexibility index (Phi) is 15.2. The van der Waals surface area contributed by atoms with E-state index in [-0.39, 0.29) is 23.3 Å². The van der Waals surface area contributed by atoms with Crippen LogP contribution in [0.15, 0.2) is 65.6 Å². The first-order valence-electron chi connectivity index (χ1n) is 19.9. The molecule has 4 rings (SSSR count). The maximum absolute atomic E-state index is 14.1. The molecule has 0 bridgehead atoms. The quantitative estimate of drug-likeness (QED) is 0.0434. The highest BCUT2D eigenvalue weighted by Gasteiger charge is 2.44. The molecule has 3 aromatic rings. The number of rotatable bonds is 17. The zero-order chi connectivity index (χ0) is 41.6. The van der Waals surface area contributed by atoms with E-state index in [1.807, 2.05) is 75.6 Å². The highest BCUT2D eigenvalue weighted by Crippen LogP contribution is 2.45. The van der Waals surface area contributed by atoms with E-state index in [4.69, 9.17) is 32.5 Å². The van der Waals surface area contributed by atoms with Gasteiger partial charge in [-0.3, -0.25) is 4.79 Å². The topological polar surface area (TPSA) is 81.7 Å². The lowest BCUT2D eigenvalue weighted by Crippen LogP contribution is -2.50. The Morgan fingerprint density at radius 1 is 0.679 bits per heavy atom. The maximum atomic E-state index is 14.1. The molecule has 56 heavy (non-hydrogen) atoms. The number of esters is 1. The Morgan fingerprint density at radius 2 is 1.07 bits per heavy atom. The summed E-state index contributed by atoms with van der Waals surface area (Å²) >= 11 is 1.64. The van der Waals surface area contributed by atoms with Crippen LogP contribution in [0.25, 0.3) is 22.3 Å². The molecule has 8 nitrogen and oxygen atoms in total. The summed E-state index contributed by atoms with van der Waals surface area (Å²) in [5.74, 6) is 0.849. The Balaban J connectivity index is 1.57. The predicted octanol–water partition coefficient (Wildman–Crippen LogP) is 12.0. The Labute approximate surface area is 343 Å². The van der Waals surface area contributed by atoms with Crippen LogP contribution in [0.1, 0.15) is 75.2 Å². The van der Waals surface area contributed by atoms with E-state index in [1.54, 1.807) is 11.8 Å². The molecule has 0 radical (unpaired) electrons. The summed E-state index contributed by atoms with van der Waals surface area (Å²) < 4.78 is 43.2. The number of benzene rings is 3. The van der Waals surface area contributed by atoms with Gasteiger partial charge in [0.2, 0.25) is 0 Å². The smallest absolute Gasteiger partial charge is 0.321 e. The molecule has 1 fully saturated rings. The van der Waals surface area contributed by atoms with E-state index < -0.39 is 33.8 Å². The molecule has 0 spiro atoms. The van der Waals surface area contributed by atoms with Gasteiger partial charge in [0.15, 0.2) is 22.4 Å². The summed E-state index contributed by atoms with van der Waals surface area (Å²) in [6.45, 7) is 31.0. The highest BCUT2D eigenvalue weighted by molar-refractivity contribution is 7.98. The molecule has 0 aromatic heterocycles. The zero-order valence-electron chi connectivity index (χ0n) is 36.6. The molecule has 1 heterocycles. The highest BCUT2D eigenvalue weighted by atomic mass is 32.2. The van der Waals surface area contributed by atoms with Gasteiger partial charge in [0.05, 0.1) is 26.4 Å². The molecule has 0 aliphatic carbocycles. The average Bonchev–Trinajstić information content (AvgIpc) is 3.12. The van der Waals surface area contributed by atoms with Crippen molar-refractivity contribution in [1.82, 2.24) is 0 Å². The summed E-state index contributed by atoms with van der Waals surface area (Å²) in [7, 11) is -3.59. The third kappa shape index (κ3) is 12.2. The van der Waals surface area contributed by atoms with E-state index in [1.165, 1.54) is 0 Å². The van der Waals surface area contributed by atoms with Crippen molar-refractivity contribution in [3.63, 3.8) is 0 Å². The standard InChI is InChI=1S/C45H68O8SSi2/c1-42(2,3)55(11,12)51-27-15-25-47-35-21-17-33(18-22-35)38-29-37(54-10)30-39(40(38)53-41(46)45(9)31-49-44(7,8)50-32-45)34-19-23-36(24-20-34)48-26-16-28-52-56(13,14)43(4,5)6/h17-24,29-30H,15-16,25-28,31-32H2,1-14H3. The second-order valence-electron chi connectivity index (χ2n) is 18.6. The minimum absolute atomic E-state index is 0.176. The molecule has 0 N–H and O–H groups in total. The van der Waals surface area contributed by atoms with E-state index in [9.17, 15) is 4.79 Å². The van der Waals surface area contributed by atoms with Crippen molar-refractivity contribution in [3.05, 3.63) is 60.7 Å². The number of ether oxygens (including phenoxy) is 5. The van der Waals surface area contributed by atoms with E-state index in [0.29, 0.717) is 32.2 Å². The Morgan fingerprint density at radius 3 is 1.43 bits per heavy atom. The summed E-state index contributed by atoms with van der Waals surface area (Å²) in [5.41, 5.74) is 2.43. The lowest BCUT2D eigenvalue weighted by Gasteiger charge is -2.39. The fourth-order valence-corrected chi connectivity index (χ4v) is 8.04. The van der Waals surface area contributed by atoms with Gasteiger partial charge < -0.3 is 32.5 Å². The van der Waals surface area contributed by atoms with Gasteiger partial charge in [-0.1, -0.05) is 65.8 Å². The van der Waals surface area contributed by atoms with Gasteiger partial charge >= 0.3 is 5.97 Å². The number of hydrogen-bond donors (Lipinski definition) is 0. The Hall–Kier alpha value is -2.65. The van der Waals surface area contributed by atoms with Crippen LogP contribution in [0.5, 0.6) is 17.2 Å². The molecule has 0 atom stereocenters. The number of hydrogen-bond acceptors (Lipinski definition) is 9. The van der Waals surface area contributed by atoms with Crippen molar-refractivity contribution < 1.29 is 37.3 Å². The average molecular weight is 825 g/mol. The lowest BCUT2D eigenvalue weighted by atomic mass is 9.91. The first-order valence-corrected chi connectivity index (χ1v) is 27.0. The summed E-state index contributed by atoms with van der Waals surface area (Å²) in [5, 5.41) is 0.352. The minimum atomic E-state index is -1.79. The van der Waals surface area contributed by atoms with Gasteiger partial charge in [-0.2, -0.15) is 0 Å². The van der Waals surface area contributed by atoms with Crippen molar-refractivity contribution in [2.45, 2.75) is 122 Å². The molecule has 0 saturated carbocycles. The van der Waals surface area contributed by atoms with Crippen LogP contribution >= 0.6 is 11.8 Å². The number of carbonyl (C=O) groups is 1. The molecule has 1 aliphatic heterocycles. The molecular weight excluding hydrogens is 757 g/mol. The fraction of sp³-hybridized carbons (Fsp3) is 0.578. The lowest BCUT2D eigenvalue weighted by molar-refractivity contribution is -0.279. The van der Waals surface area contributed by atoms with Crippen molar-refractivity contribution in [2.24, 2.45) is 5.41 Å². The predicted molar refractivity (Wildman–Crippen MR) is 235 cm³/mol. The molecule has 1 saturated heterocycles. The van der Waals surface area contributed by atoms with Crippen molar-refractivity contribution in [2.75, 3.05) is 45.9 Å². The Bertz CT molecular complexity index is 1630. The van der Waals surface area contributed by atoms with E-state index in [0.717, 1.165) is 51.5 Å².